The van der Waals surface area contributed by atoms with Gasteiger partial charge in [-0.05, 0) is 73.6 Å². The number of aromatic nitrogens is 1. The van der Waals surface area contributed by atoms with Crippen molar-refractivity contribution in [2.75, 3.05) is 4.90 Å². The van der Waals surface area contributed by atoms with Gasteiger partial charge in [-0.1, -0.05) is 6.07 Å². The number of urea groups is 1. The largest absolute Gasteiger partial charge is 0.446 e. The number of fused-ring (bicyclic) bond motifs is 1. The lowest BCUT2D eigenvalue weighted by molar-refractivity contribution is -0.123. The maximum Gasteiger partial charge on any atom is 0.446 e. The Hall–Kier alpha value is -3.14. The molecule has 1 saturated heterocycles. The Morgan fingerprint density at radius 1 is 1.03 bits per heavy atom. The molecule has 4 rings (SSSR count). The van der Waals surface area contributed by atoms with Gasteiger partial charge >= 0.3 is 11.5 Å². The van der Waals surface area contributed by atoms with E-state index >= 15 is 0 Å². The first-order chi connectivity index (χ1) is 15.0. The van der Waals surface area contributed by atoms with Crippen LogP contribution in [0.5, 0.6) is 0 Å². The maximum atomic E-state index is 14.5. The molecule has 32 heavy (non-hydrogen) atoms. The summed E-state index contributed by atoms with van der Waals surface area (Å²) in [5, 5.41) is 0.262. The second-order valence-corrected chi connectivity index (χ2v) is 8.85. The standard InChI is InChI=1S/C22H17F4N3O2S/c1-21(2)19(30)29(14-6-8-15(9-7-14)32-22(24,25)26)20(31)28(21)12-13-10-11-27-17-5-3-4-16(23)18(13)17/h3-11H,12H2,1-2H3. The summed E-state index contributed by atoms with van der Waals surface area (Å²) >= 11 is -0.282. The monoisotopic (exact) mass is 463 g/mol. The van der Waals surface area contributed by atoms with E-state index < -0.39 is 28.8 Å². The average Bonchev–Trinajstić information content (AvgIpc) is 2.87. The molecular weight excluding hydrogens is 446 g/mol. The molecule has 2 heterocycles. The SMILES string of the molecule is CC1(C)C(=O)N(c2ccc(SC(F)(F)F)cc2)C(=O)N1Cc1ccnc2cccc(F)c12. The third kappa shape index (κ3) is 3.90. The van der Waals surface area contributed by atoms with Crippen LogP contribution in [0.1, 0.15) is 19.4 Å². The molecule has 1 aliphatic heterocycles. The van der Waals surface area contributed by atoms with Crippen LogP contribution in [0.2, 0.25) is 0 Å². The number of imide groups is 1. The molecular formula is C22H17F4N3O2S. The van der Waals surface area contributed by atoms with E-state index in [0.717, 1.165) is 4.90 Å². The van der Waals surface area contributed by atoms with Gasteiger partial charge in [-0.15, -0.1) is 0 Å². The van der Waals surface area contributed by atoms with Gasteiger partial charge in [-0.25, -0.2) is 14.1 Å². The van der Waals surface area contributed by atoms with E-state index in [9.17, 15) is 27.2 Å². The summed E-state index contributed by atoms with van der Waals surface area (Å²) in [6.45, 7) is 3.09. The van der Waals surface area contributed by atoms with Gasteiger partial charge in [0.2, 0.25) is 0 Å². The van der Waals surface area contributed by atoms with Crippen LogP contribution in [0.15, 0.2) is 59.6 Å². The van der Waals surface area contributed by atoms with Crippen molar-refractivity contribution in [3.63, 3.8) is 0 Å². The zero-order valence-electron chi connectivity index (χ0n) is 17.0. The summed E-state index contributed by atoms with van der Waals surface area (Å²) in [7, 11) is 0. The zero-order valence-corrected chi connectivity index (χ0v) is 17.8. The lowest BCUT2D eigenvalue weighted by atomic mass is 10.0. The number of carbonyl (C=O) groups excluding carboxylic acids is 2. The molecule has 2 aromatic carbocycles. The number of halogens is 4. The van der Waals surface area contributed by atoms with E-state index in [0.29, 0.717) is 11.1 Å². The van der Waals surface area contributed by atoms with E-state index in [1.54, 1.807) is 26.0 Å². The van der Waals surface area contributed by atoms with Crippen LogP contribution >= 0.6 is 11.8 Å². The molecule has 5 nitrogen and oxygen atoms in total. The Bertz CT molecular complexity index is 1210. The van der Waals surface area contributed by atoms with Crippen LogP contribution in [-0.4, -0.2) is 32.9 Å². The first-order valence-electron chi connectivity index (χ1n) is 9.53. The van der Waals surface area contributed by atoms with Crippen molar-refractivity contribution in [2.45, 2.75) is 36.3 Å². The van der Waals surface area contributed by atoms with Gasteiger partial charge in [0.1, 0.15) is 11.4 Å². The quantitative estimate of drug-likeness (QED) is 0.282. The minimum absolute atomic E-state index is 0.0456. The number of hydrogen-bond acceptors (Lipinski definition) is 4. The zero-order chi connectivity index (χ0) is 23.3. The Labute approximate surface area is 185 Å². The van der Waals surface area contributed by atoms with Crippen LogP contribution in [0.4, 0.5) is 28.0 Å². The normalized spacial score (nSPS) is 16.3. The minimum Gasteiger partial charge on any atom is -0.305 e. The lowest BCUT2D eigenvalue weighted by Crippen LogP contribution is -2.43. The molecule has 0 saturated carbocycles. The summed E-state index contributed by atoms with van der Waals surface area (Å²) in [5.74, 6) is -1.02. The molecule has 3 aromatic rings. The Morgan fingerprint density at radius 3 is 2.38 bits per heavy atom. The highest BCUT2D eigenvalue weighted by atomic mass is 32.2. The van der Waals surface area contributed by atoms with E-state index in [4.69, 9.17) is 0 Å². The Balaban J connectivity index is 1.66. The summed E-state index contributed by atoms with van der Waals surface area (Å²) in [6.07, 6.45) is 1.50. The summed E-state index contributed by atoms with van der Waals surface area (Å²) < 4.78 is 52.2. The second kappa shape index (κ2) is 7.77. The van der Waals surface area contributed by atoms with Crippen molar-refractivity contribution in [1.29, 1.82) is 0 Å². The molecule has 0 radical (unpaired) electrons. The molecule has 0 spiro atoms. The molecule has 1 fully saturated rings. The number of amides is 3. The molecule has 1 aliphatic rings. The summed E-state index contributed by atoms with van der Waals surface area (Å²) in [5.41, 5.74) is -4.62. The van der Waals surface area contributed by atoms with Gasteiger partial charge in [-0.2, -0.15) is 13.2 Å². The van der Waals surface area contributed by atoms with Crippen LogP contribution in [0.25, 0.3) is 10.9 Å². The number of thioether (sulfide) groups is 1. The Morgan fingerprint density at radius 2 is 1.72 bits per heavy atom. The van der Waals surface area contributed by atoms with Crippen LogP contribution in [-0.2, 0) is 11.3 Å². The van der Waals surface area contributed by atoms with E-state index in [1.165, 1.54) is 47.5 Å². The first kappa shape index (κ1) is 22.1. The predicted molar refractivity (Wildman–Crippen MR) is 113 cm³/mol. The number of alkyl halides is 3. The number of carbonyl (C=O) groups is 2. The fourth-order valence-corrected chi connectivity index (χ4v) is 4.20. The molecule has 10 heteroatoms. The van der Waals surface area contributed by atoms with E-state index in [-0.39, 0.29) is 34.3 Å². The average molecular weight is 463 g/mol. The van der Waals surface area contributed by atoms with E-state index in [1.807, 2.05) is 0 Å². The third-order valence-corrected chi connectivity index (χ3v) is 6.02. The topological polar surface area (TPSA) is 53.5 Å². The number of nitrogens with zero attached hydrogens (tertiary/aromatic N) is 3. The third-order valence-electron chi connectivity index (χ3n) is 5.28. The number of pyridine rings is 1. The second-order valence-electron chi connectivity index (χ2n) is 7.71. The van der Waals surface area contributed by atoms with Crippen molar-refractivity contribution in [1.82, 2.24) is 9.88 Å². The maximum absolute atomic E-state index is 14.5. The van der Waals surface area contributed by atoms with Gasteiger partial charge in [0, 0.05) is 23.0 Å². The molecule has 0 bridgehead atoms. The van der Waals surface area contributed by atoms with Crippen molar-refractivity contribution < 1.29 is 27.2 Å². The van der Waals surface area contributed by atoms with Gasteiger partial charge < -0.3 is 4.90 Å². The molecule has 0 N–H and O–H groups in total. The highest BCUT2D eigenvalue weighted by Gasteiger charge is 2.51. The molecule has 3 amide bonds. The fourth-order valence-electron chi connectivity index (χ4n) is 3.66. The van der Waals surface area contributed by atoms with Crippen molar-refractivity contribution >= 4 is 40.3 Å². The number of hydrogen-bond donors (Lipinski definition) is 0. The van der Waals surface area contributed by atoms with Gasteiger partial charge in [-0.3, -0.25) is 9.78 Å². The summed E-state index contributed by atoms with van der Waals surface area (Å²) in [4.78, 5) is 32.6. The first-order valence-corrected chi connectivity index (χ1v) is 10.3. The van der Waals surface area contributed by atoms with E-state index in [2.05, 4.69) is 4.98 Å². The molecule has 1 aromatic heterocycles. The smallest absolute Gasteiger partial charge is 0.305 e. The molecule has 0 atom stereocenters. The highest BCUT2D eigenvalue weighted by molar-refractivity contribution is 8.00. The van der Waals surface area contributed by atoms with Gasteiger partial charge in [0.15, 0.2) is 0 Å². The van der Waals surface area contributed by atoms with Gasteiger partial charge in [0.25, 0.3) is 5.91 Å². The highest BCUT2D eigenvalue weighted by Crippen LogP contribution is 2.39. The van der Waals surface area contributed by atoms with Crippen LogP contribution < -0.4 is 4.90 Å². The fraction of sp³-hybridized carbons (Fsp3) is 0.227. The predicted octanol–water partition coefficient (Wildman–Crippen LogP) is 5.73. The van der Waals surface area contributed by atoms with Crippen molar-refractivity contribution in [3.8, 4) is 0 Å². The van der Waals surface area contributed by atoms with Crippen LogP contribution in [0.3, 0.4) is 0 Å². The van der Waals surface area contributed by atoms with Gasteiger partial charge in [0.05, 0.1) is 11.2 Å². The molecule has 0 aliphatic carbocycles. The molecule has 0 unspecified atom stereocenters. The number of benzene rings is 2. The minimum atomic E-state index is -4.44. The summed E-state index contributed by atoms with van der Waals surface area (Å²) in [6, 6.07) is 10.4. The Kier molecular flexibility index (Phi) is 5.36. The van der Waals surface area contributed by atoms with Crippen molar-refractivity contribution in [3.05, 3.63) is 66.1 Å². The molecule has 166 valence electrons. The van der Waals surface area contributed by atoms with Crippen LogP contribution in [0, 0.1) is 5.82 Å². The number of anilines is 1. The lowest BCUT2D eigenvalue weighted by Gasteiger charge is -2.28. The van der Waals surface area contributed by atoms with Crippen molar-refractivity contribution in [2.24, 2.45) is 0 Å². The number of rotatable bonds is 4.